The highest BCUT2D eigenvalue weighted by Crippen LogP contribution is 2.39. The zero-order valence-electron chi connectivity index (χ0n) is 32.9. The number of likely N-dealkylation sites (N-methyl/N-ethyl adjacent to an activating group) is 1. The van der Waals surface area contributed by atoms with Gasteiger partial charge in [0, 0.05) is 44.5 Å². The van der Waals surface area contributed by atoms with Crippen LogP contribution in [0.5, 0.6) is 5.75 Å². The molecule has 1 aliphatic heterocycles. The number of nitrogens with zero attached hydrogens (tertiary/aromatic N) is 1. The van der Waals surface area contributed by atoms with Gasteiger partial charge in [-0.1, -0.05) is 91.3 Å². The molecule has 11 nitrogen and oxygen atoms in total. The number of nitrogens with one attached hydrogen (secondary N) is 2. The Bertz CT molecular complexity index is 2110. The Morgan fingerprint density at radius 2 is 1.52 bits per heavy atom. The van der Waals surface area contributed by atoms with Gasteiger partial charge >= 0.3 is 0 Å². The summed E-state index contributed by atoms with van der Waals surface area (Å²) in [4.78, 5) is 27.0. The number of carbonyl (C=O) groups is 2. The van der Waals surface area contributed by atoms with E-state index in [1.807, 2.05) is 84.7 Å². The van der Waals surface area contributed by atoms with Crippen LogP contribution >= 0.6 is 0 Å². The van der Waals surface area contributed by atoms with E-state index < -0.39 is 12.4 Å². The summed E-state index contributed by atoms with van der Waals surface area (Å²) < 4.78 is 13.2. The smallest absolute Gasteiger partial charge is 0.224 e. The molecule has 0 bridgehead atoms. The summed E-state index contributed by atoms with van der Waals surface area (Å²) >= 11 is 0. The number of hydrogen-bond donors (Lipinski definition) is 6. The first-order chi connectivity index (χ1) is 28.1. The average Bonchev–Trinajstić information content (AvgIpc) is 3.23. The molecule has 7 N–H and O–H groups in total. The number of phenolic OH excluding ortho intramolecular Hbond substituents is 1. The Hall–Kier alpha value is -5.56. The van der Waals surface area contributed by atoms with Gasteiger partial charge in [0.2, 0.25) is 11.8 Å². The Morgan fingerprint density at radius 1 is 0.793 bits per heavy atom. The molecular formula is C47H54N4O7. The van der Waals surface area contributed by atoms with E-state index in [0.29, 0.717) is 68.7 Å². The maximum absolute atomic E-state index is 12.7. The number of aromatic hydroxyl groups is 1. The first kappa shape index (κ1) is 42.1. The van der Waals surface area contributed by atoms with Crippen LogP contribution in [0.3, 0.4) is 0 Å². The molecule has 1 heterocycles. The van der Waals surface area contributed by atoms with Crippen LogP contribution in [0, 0.1) is 0 Å². The SMILES string of the molecule is CN(C[C@H]1C[C@@H](c2ccc(CO)cc2)O[C@@H](c2cccc(-c3cccc(CNC(=O)CCCCCC(=O)Nc4ccccc4N)c3)c2)O1)C[C@@H](O)c1cccc(O)c1. The van der Waals surface area contributed by atoms with Crippen LogP contribution in [0.2, 0.25) is 0 Å². The monoisotopic (exact) mass is 786 g/mol. The van der Waals surface area contributed by atoms with Crippen LogP contribution in [0.4, 0.5) is 11.4 Å². The molecular weight excluding hydrogens is 733 g/mol. The number of phenols is 1. The van der Waals surface area contributed by atoms with Gasteiger partial charge in [0.25, 0.3) is 0 Å². The van der Waals surface area contributed by atoms with Gasteiger partial charge in [-0.25, -0.2) is 0 Å². The van der Waals surface area contributed by atoms with Gasteiger partial charge in [0.15, 0.2) is 6.29 Å². The first-order valence-electron chi connectivity index (χ1n) is 19.9. The molecule has 1 fully saturated rings. The normalized spacial score (nSPS) is 17.1. The summed E-state index contributed by atoms with van der Waals surface area (Å²) in [6.45, 7) is 1.25. The molecule has 0 spiro atoms. The quantitative estimate of drug-likeness (QED) is 0.0389. The number of carbonyl (C=O) groups excluding carboxylic acids is 2. The van der Waals surface area contributed by atoms with Gasteiger partial charge in [-0.05, 0) is 89.7 Å². The third-order valence-electron chi connectivity index (χ3n) is 10.3. The van der Waals surface area contributed by atoms with E-state index in [2.05, 4.69) is 22.8 Å². The lowest BCUT2D eigenvalue weighted by molar-refractivity contribution is -0.252. The minimum Gasteiger partial charge on any atom is -0.508 e. The lowest BCUT2D eigenvalue weighted by Gasteiger charge is -2.38. The summed E-state index contributed by atoms with van der Waals surface area (Å²) in [6, 6.07) is 37.8. The topological polar surface area (TPSA) is 167 Å². The molecule has 5 aromatic carbocycles. The molecule has 5 aromatic rings. The molecule has 304 valence electrons. The van der Waals surface area contributed by atoms with Crippen molar-refractivity contribution in [3.63, 3.8) is 0 Å². The van der Waals surface area contributed by atoms with Gasteiger partial charge in [0.05, 0.1) is 36.3 Å². The van der Waals surface area contributed by atoms with Crippen molar-refractivity contribution in [2.45, 2.75) is 76.3 Å². The Kier molecular flexibility index (Phi) is 15.0. The van der Waals surface area contributed by atoms with Gasteiger partial charge < -0.3 is 46.1 Å². The Balaban J connectivity index is 1.04. The largest absolute Gasteiger partial charge is 0.508 e. The van der Waals surface area contributed by atoms with Gasteiger partial charge in [-0.2, -0.15) is 0 Å². The van der Waals surface area contributed by atoms with Gasteiger partial charge in [-0.15, -0.1) is 0 Å². The fourth-order valence-corrected chi connectivity index (χ4v) is 7.17. The van der Waals surface area contributed by atoms with Crippen molar-refractivity contribution >= 4 is 23.2 Å². The van der Waals surface area contributed by atoms with E-state index in [9.17, 15) is 24.9 Å². The predicted molar refractivity (Wildman–Crippen MR) is 225 cm³/mol. The van der Waals surface area contributed by atoms with E-state index in [-0.39, 0.29) is 36.4 Å². The van der Waals surface area contributed by atoms with Crippen LogP contribution in [0.25, 0.3) is 11.1 Å². The number of ether oxygens (including phenoxy) is 2. The van der Waals surface area contributed by atoms with Crippen molar-refractivity contribution in [2.75, 3.05) is 31.2 Å². The fourth-order valence-electron chi connectivity index (χ4n) is 7.17. The maximum Gasteiger partial charge on any atom is 0.224 e. The molecule has 1 aliphatic rings. The Labute approximate surface area is 340 Å². The number of aliphatic hydroxyl groups is 2. The van der Waals surface area contributed by atoms with Crippen molar-refractivity contribution in [1.82, 2.24) is 10.2 Å². The molecule has 11 heteroatoms. The number of hydrogen-bond acceptors (Lipinski definition) is 9. The number of anilines is 2. The van der Waals surface area contributed by atoms with Gasteiger partial charge in [-0.3, -0.25) is 9.59 Å². The second-order valence-corrected chi connectivity index (χ2v) is 15.0. The zero-order valence-corrected chi connectivity index (χ0v) is 32.9. The van der Waals surface area contributed by atoms with E-state index in [1.54, 1.807) is 36.4 Å². The van der Waals surface area contributed by atoms with Crippen molar-refractivity contribution in [2.24, 2.45) is 0 Å². The number of nitrogen functional groups attached to an aromatic ring is 1. The molecule has 0 unspecified atom stereocenters. The highest BCUT2D eigenvalue weighted by atomic mass is 16.7. The van der Waals surface area contributed by atoms with E-state index in [4.69, 9.17) is 15.2 Å². The first-order valence-corrected chi connectivity index (χ1v) is 19.9. The fraction of sp³-hybridized carbons (Fsp3) is 0.319. The van der Waals surface area contributed by atoms with Crippen LogP contribution in [-0.2, 0) is 32.2 Å². The van der Waals surface area contributed by atoms with Crippen LogP contribution in [0.1, 0.15) is 84.8 Å². The van der Waals surface area contributed by atoms with Crippen LogP contribution in [0.15, 0.2) is 121 Å². The summed E-state index contributed by atoms with van der Waals surface area (Å²) in [7, 11) is 1.94. The summed E-state index contributed by atoms with van der Waals surface area (Å²) in [6.07, 6.45) is 1.56. The van der Waals surface area contributed by atoms with E-state index in [0.717, 1.165) is 39.8 Å². The second-order valence-electron chi connectivity index (χ2n) is 15.0. The molecule has 0 saturated carbocycles. The van der Waals surface area contributed by atoms with Crippen molar-refractivity contribution in [3.05, 3.63) is 149 Å². The summed E-state index contributed by atoms with van der Waals surface area (Å²) in [5.74, 6) is -0.0110. The second kappa shape index (κ2) is 20.7. The van der Waals surface area contributed by atoms with E-state index >= 15 is 0 Å². The van der Waals surface area contributed by atoms with Crippen LogP contribution < -0.4 is 16.4 Å². The molecule has 1 saturated heterocycles. The molecule has 0 aromatic heterocycles. The van der Waals surface area contributed by atoms with Crippen molar-refractivity contribution in [1.29, 1.82) is 0 Å². The molecule has 6 rings (SSSR count). The molecule has 4 atom stereocenters. The van der Waals surface area contributed by atoms with Crippen molar-refractivity contribution in [3.8, 4) is 16.9 Å². The number of rotatable bonds is 18. The summed E-state index contributed by atoms with van der Waals surface area (Å²) in [5.41, 5.74) is 13.3. The van der Waals surface area contributed by atoms with Gasteiger partial charge in [0.1, 0.15) is 5.75 Å². The van der Waals surface area contributed by atoms with Crippen LogP contribution in [-0.4, -0.2) is 58.3 Å². The number of para-hydroxylation sites is 2. The molecule has 0 radical (unpaired) electrons. The highest BCUT2D eigenvalue weighted by molar-refractivity contribution is 5.93. The molecule has 0 aliphatic carbocycles. The highest BCUT2D eigenvalue weighted by Gasteiger charge is 2.33. The standard InChI is InChI=1S/C47H54N4O7/c1-51(30-43(54)37-13-9-15-39(53)26-37)29-40-27-44(34-22-20-32(31-52)21-23-34)58-47(57-40)38-14-8-12-36(25-38)35-11-7-10-33(24-35)28-49-45(55)18-3-2-4-19-46(56)50-42-17-6-5-16-41(42)48/h5-17,20-26,40,43-44,47,52-54H,2-4,18-19,27-31,48H2,1H3,(H,49,55)(H,50,56)/t40-,43-,44+,47+/m1/s1. The zero-order chi connectivity index (χ0) is 40.9. The lowest BCUT2D eigenvalue weighted by atomic mass is 9.98. The molecule has 2 amide bonds. The van der Waals surface area contributed by atoms with E-state index in [1.165, 1.54) is 0 Å². The number of unbranched alkanes of at least 4 members (excludes halogenated alkanes) is 2. The van der Waals surface area contributed by atoms with Crippen molar-refractivity contribution < 1.29 is 34.4 Å². The maximum atomic E-state index is 12.7. The third kappa shape index (κ3) is 12.2. The predicted octanol–water partition coefficient (Wildman–Crippen LogP) is 7.55. The lowest BCUT2D eigenvalue weighted by Crippen LogP contribution is -2.39. The summed E-state index contributed by atoms with van der Waals surface area (Å²) in [5, 5.41) is 36.3. The average molecular weight is 787 g/mol. The number of nitrogens with two attached hydrogens (primary N) is 1. The number of amides is 2. The third-order valence-corrected chi connectivity index (χ3v) is 10.3. The molecule has 58 heavy (non-hydrogen) atoms. The number of benzene rings is 5. The minimum atomic E-state index is -0.784. The Morgan fingerprint density at radius 3 is 2.28 bits per heavy atom. The number of aliphatic hydroxyl groups excluding tert-OH is 2. The minimum absolute atomic E-state index is 0.0323.